The molecule has 1 saturated carbocycles. The SMILES string of the molecule is CCSCC(C)NC1CC(=O)N(C2CCCC2)C1=O. The van der Waals surface area contributed by atoms with Crippen molar-refractivity contribution in [1.82, 2.24) is 10.2 Å². The van der Waals surface area contributed by atoms with E-state index < -0.39 is 0 Å². The number of hydrogen-bond donors (Lipinski definition) is 1. The number of imide groups is 1. The smallest absolute Gasteiger partial charge is 0.247 e. The maximum atomic E-state index is 12.3. The van der Waals surface area contributed by atoms with Gasteiger partial charge in [-0.05, 0) is 25.5 Å². The minimum atomic E-state index is -0.291. The molecule has 2 atom stereocenters. The third kappa shape index (κ3) is 3.51. The number of nitrogens with zero attached hydrogens (tertiary/aromatic N) is 1. The van der Waals surface area contributed by atoms with Gasteiger partial charge in [0.1, 0.15) is 0 Å². The van der Waals surface area contributed by atoms with Crippen LogP contribution in [0.1, 0.15) is 46.0 Å². The zero-order chi connectivity index (χ0) is 13.8. The number of amides is 2. The Morgan fingerprint density at radius 2 is 2.05 bits per heavy atom. The van der Waals surface area contributed by atoms with Crippen molar-refractivity contribution in [3.63, 3.8) is 0 Å². The molecule has 0 aromatic rings. The molecular weight excluding hydrogens is 260 g/mol. The van der Waals surface area contributed by atoms with Crippen LogP contribution in [0.15, 0.2) is 0 Å². The monoisotopic (exact) mass is 284 g/mol. The molecular formula is C14H24N2O2S. The van der Waals surface area contributed by atoms with Crippen LogP contribution in [0.25, 0.3) is 0 Å². The van der Waals surface area contributed by atoms with Gasteiger partial charge < -0.3 is 5.32 Å². The second kappa shape index (κ2) is 6.75. The fraction of sp³-hybridized carbons (Fsp3) is 0.857. The highest BCUT2D eigenvalue weighted by atomic mass is 32.2. The average molecular weight is 284 g/mol. The Morgan fingerprint density at radius 1 is 1.37 bits per heavy atom. The summed E-state index contributed by atoms with van der Waals surface area (Å²) in [7, 11) is 0. The second-order valence-electron chi connectivity index (χ2n) is 5.52. The minimum Gasteiger partial charge on any atom is -0.302 e. The van der Waals surface area contributed by atoms with E-state index in [4.69, 9.17) is 0 Å². The summed E-state index contributed by atoms with van der Waals surface area (Å²) in [5, 5.41) is 3.31. The molecule has 2 fully saturated rings. The summed E-state index contributed by atoms with van der Waals surface area (Å²) in [5.74, 6) is 2.09. The summed E-state index contributed by atoms with van der Waals surface area (Å²) in [6, 6.07) is 0.155. The van der Waals surface area contributed by atoms with Crippen LogP contribution < -0.4 is 5.32 Å². The van der Waals surface area contributed by atoms with Gasteiger partial charge in [0, 0.05) is 17.8 Å². The maximum absolute atomic E-state index is 12.3. The molecule has 1 N–H and O–H groups in total. The summed E-state index contributed by atoms with van der Waals surface area (Å²) < 4.78 is 0. The van der Waals surface area contributed by atoms with Gasteiger partial charge in [0.05, 0.1) is 12.5 Å². The first-order chi connectivity index (χ1) is 9.13. The summed E-state index contributed by atoms with van der Waals surface area (Å²) in [5.41, 5.74) is 0. The predicted octanol–water partition coefficient (Wildman–Crippen LogP) is 1.79. The van der Waals surface area contributed by atoms with Gasteiger partial charge in [-0.25, -0.2) is 0 Å². The van der Waals surface area contributed by atoms with Gasteiger partial charge >= 0.3 is 0 Å². The largest absolute Gasteiger partial charge is 0.302 e. The zero-order valence-electron chi connectivity index (χ0n) is 11.9. The van der Waals surface area contributed by atoms with Crippen molar-refractivity contribution < 1.29 is 9.59 Å². The number of rotatable bonds is 6. The molecule has 5 heteroatoms. The number of likely N-dealkylation sites (tertiary alicyclic amines) is 1. The fourth-order valence-corrected chi connectivity index (χ4v) is 3.70. The number of nitrogens with one attached hydrogen (secondary N) is 1. The molecule has 0 spiro atoms. The first-order valence-corrected chi connectivity index (χ1v) is 8.48. The lowest BCUT2D eigenvalue weighted by Crippen LogP contribution is -2.46. The first kappa shape index (κ1) is 14.9. The highest BCUT2D eigenvalue weighted by Crippen LogP contribution is 2.28. The Kier molecular flexibility index (Phi) is 5.28. The van der Waals surface area contributed by atoms with Crippen LogP contribution >= 0.6 is 11.8 Å². The van der Waals surface area contributed by atoms with E-state index in [1.807, 2.05) is 11.8 Å². The second-order valence-corrected chi connectivity index (χ2v) is 6.84. The summed E-state index contributed by atoms with van der Waals surface area (Å²) >= 11 is 1.86. The molecule has 2 amide bonds. The standard InChI is InChI=1S/C14H24N2O2S/c1-3-19-9-10(2)15-12-8-13(17)16(14(12)18)11-6-4-5-7-11/h10-12,15H,3-9H2,1-2H3. The van der Waals surface area contributed by atoms with Gasteiger partial charge in [0.25, 0.3) is 0 Å². The van der Waals surface area contributed by atoms with Gasteiger partial charge in [0.2, 0.25) is 11.8 Å². The maximum Gasteiger partial charge on any atom is 0.247 e. The summed E-state index contributed by atoms with van der Waals surface area (Å²) in [6.07, 6.45) is 4.61. The van der Waals surface area contributed by atoms with Gasteiger partial charge in [-0.2, -0.15) is 11.8 Å². The molecule has 108 valence electrons. The van der Waals surface area contributed by atoms with Crippen LogP contribution in [-0.4, -0.2) is 46.3 Å². The third-order valence-electron chi connectivity index (χ3n) is 3.93. The Morgan fingerprint density at radius 3 is 2.68 bits per heavy atom. The molecule has 0 radical (unpaired) electrons. The van der Waals surface area contributed by atoms with Crippen molar-refractivity contribution >= 4 is 23.6 Å². The van der Waals surface area contributed by atoms with Crippen LogP contribution in [0.4, 0.5) is 0 Å². The minimum absolute atomic E-state index is 0.00486. The Hall–Kier alpha value is -0.550. The van der Waals surface area contributed by atoms with Crippen LogP contribution in [0, 0.1) is 0 Å². The van der Waals surface area contributed by atoms with Crippen LogP contribution in [0.2, 0.25) is 0 Å². The molecule has 0 aromatic carbocycles. The van der Waals surface area contributed by atoms with Gasteiger partial charge in [-0.15, -0.1) is 0 Å². The molecule has 2 rings (SSSR count). The van der Waals surface area contributed by atoms with E-state index in [9.17, 15) is 9.59 Å². The quantitative estimate of drug-likeness (QED) is 0.756. The van der Waals surface area contributed by atoms with E-state index in [2.05, 4.69) is 19.2 Å². The molecule has 19 heavy (non-hydrogen) atoms. The van der Waals surface area contributed by atoms with Gasteiger partial charge in [-0.3, -0.25) is 14.5 Å². The normalized spacial score (nSPS) is 26.4. The van der Waals surface area contributed by atoms with Gasteiger partial charge in [0.15, 0.2) is 0 Å². The molecule has 1 saturated heterocycles. The summed E-state index contributed by atoms with van der Waals surface area (Å²) in [6.45, 7) is 4.21. The predicted molar refractivity (Wildman–Crippen MR) is 78.1 cm³/mol. The fourth-order valence-electron chi connectivity index (χ4n) is 3.01. The lowest BCUT2D eigenvalue weighted by Gasteiger charge is -2.23. The van der Waals surface area contributed by atoms with E-state index in [-0.39, 0.29) is 29.9 Å². The Bertz CT molecular complexity index is 342. The lowest BCUT2D eigenvalue weighted by atomic mass is 10.2. The Balaban J connectivity index is 1.90. The Labute approximate surface area is 119 Å². The highest BCUT2D eigenvalue weighted by molar-refractivity contribution is 7.99. The first-order valence-electron chi connectivity index (χ1n) is 7.33. The molecule has 4 nitrogen and oxygen atoms in total. The molecule has 1 aliphatic heterocycles. The molecule has 1 aliphatic carbocycles. The van der Waals surface area contributed by atoms with E-state index in [1.54, 1.807) is 4.90 Å². The van der Waals surface area contributed by atoms with Crippen molar-refractivity contribution in [3.8, 4) is 0 Å². The number of carbonyl (C=O) groups is 2. The van der Waals surface area contributed by atoms with Crippen molar-refractivity contribution in [3.05, 3.63) is 0 Å². The van der Waals surface area contributed by atoms with Crippen molar-refractivity contribution in [2.45, 2.75) is 64.1 Å². The molecule has 2 unspecified atom stereocenters. The average Bonchev–Trinajstić information content (AvgIpc) is 2.96. The van der Waals surface area contributed by atoms with Crippen molar-refractivity contribution in [1.29, 1.82) is 0 Å². The van der Waals surface area contributed by atoms with Crippen LogP contribution in [0.3, 0.4) is 0 Å². The van der Waals surface area contributed by atoms with E-state index in [0.717, 1.165) is 37.2 Å². The number of carbonyl (C=O) groups excluding carboxylic acids is 2. The van der Waals surface area contributed by atoms with Crippen molar-refractivity contribution in [2.75, 3.05) is 11.5 Å². The van der Waals surface area contributed by atoms with E-state index in [0.29, 0.717) is 6.42 Å². The summed E-state index contributed by atoms with van der Waals surface area (Å²) in [4.78, 5) is 25.9. The molecule has 0 bridgehead atoms. The molecule has 1 heterocycles. The third-order valence-corrected chi connectivity index (χ3v) is 5.07. The molecule has 2 aliphatic rings. The zero-order valence-corrected chi connectivity index (χ0v) is 12.7. The van der Waals surface area contributed by atoms with E-state index >= 15 is 0 Å². The highest BCUT2D eigenvalue weighted by Gasteiger charge is 2.43. The van der Waals surface area contributed by atoms with Gasteiger partial charge in [-0.1, -0.05) is 19.8 Å². The lowest BCUT2D eigenvalue weighted by molar-refractivity contribution is -0.141. The number of thioether (sulfide) groups is 1. The van der Waals surface area contributed by atoms with Crippen molar-refractivity contribution in [2.24, 2.45) is 0 Å². The molecule has 0 aromatic heterocycles. The number of hydrogen-bond acceptors (Lipinski definition) is 4. The van der Waals surface area contributed by atoms with Crippen LogP contribution in [-0.2, 0) is 9.59 Å². The van der Waals surface area contributed by atoms with E-state index in [1.165, 1.54) is 0 Å². The topological polar surface area (TPSA) is 49.4 Å². The van der Waals surface area contributed by atoms with Crippen LogP contribution in [0.5, 0.6) is 0 Å².